The van der Waals surface area contributed by atoms with Gasteiger partial charge in [0.25, 0.3) is 5.91 Å². The monoisotopic (exact) mass is 343 g/mol. The van der Waals surface area contributed by atoms with Gasteiger partial charge in [-0.1, -0.05) is 11.6 Å². The van der Waals surface area contributed by atoms with E-state index in [1.807, 2.05) is 0 Å². The maximum absolute atomic E-state index is 12.1. The summed E-state index contributed by atoms with van der Waals surface area (Å²) in [6.07, 6.45) is 2.25. The highest BCUT2D eigenvalue weighted by Gasteiger charge is 2.16. The topological polar surface area (TPSA) is 71.6 Å². The lowest BCUT2D eigenvalue weighted by Crippen LogP contribution is -2.48. The van der Waals surface area contributed by atoms with E-state index in [1.54, 1.807) is 12.1 Å². The predicted molar refractivity (Wildman–Crippen MR) is 88.2 cm³/mol. The molecule has 1 aromatic rings. The molecular formula is C14H18ClN3O3S. The molecule has 1 aromatic carbocycles. The second-order valence-electron chi connectivity index (χ2n) is 4.77. The summed E-state index contributed by atoms with van der Waals surface area (Å²) in [6.45, 7) is 1.40. The summed E-state index contributed by atoms with van der Waals surface area (Å²) in [5.74, 6) is 0.0440. The van der Waals surface area contributed by atoms with Crippen LogP contribution in [0.25, 0.3) is 0 Å². The van der Waals surface area contributed by atoms with E-state index < -0.39 is 0 Å². The lowest BCUT2D eigenvalue weighted by molar-refractivity contribution is 0.0940. The molecule has 0 unspecified atom stereocenters. The summed E-state index contributed by atoms with van der Waals surface area (Å²) in [5.41, 5.74) is 5.47. The number of carbonyl (C=O) groups is 1. The fourth-order valence-corrected chi connectivity index (χ4v) is 2.40. The number of halogens is 1. The van der Waals surface area contributed by atoms with E-state index in [1.165, 1.54) is 13.2 Å². The largest absolute Gasteiger partial charge is 0.496 e. The Morgan fingerprint density at radius 1 is 1.50 bits per heavy atom. The van der Waals surface area contributed by atoms with Crippen LogP contribution in [0.2, 0.25) is 5.02 Å². The minimum absolute atomic E-state index is 0.170. The first-order valence-electron chi connectivity index (χ1n) is 6.89. The van der Waals surface area contributed by atoms with Crippen LogP contribution in [0.15, 0.2) is 18.2 Å². The van der Waals surface area contributed by atoms with Gasteiger partial charge in [-0.2, -0.15) is 0 Å². The predicted octanol–water partition coefficient (Wildman–Crippen LogP) is 1.64. The molecule has 1 heterocycles. The normalized spacial score (nSPS) is 16.9. The second-order valence-corrected chi connectivity index (χ2v) is 5.61. The van der Waals surface area contributed by atoms with Crippen molar-refractivity contribution >= 4 is 34.8 Å². The van der Waals surface area contributed by atoms with Crippen molar-refractivity contribution in [2.45, 2.75) is 18.9 Å². The van der Waals surface area contributed by atoms with Crippen LogP contribution in [0.1, 0.15) is 23.2 Å². The third-order valence-corrected chi connectivity index (χ3v) is 3.69. The summed E-state index contributed by atoms with van der Waals surface area (Å²) >= 11 is 11.0. The number of rotatable bonds is 4. The number of ether oxygens (including phenoxy) is 2. The van der Waals surface area contributed by atoms with Crippen LogP contribution < -0.4 is 20.9 Å². The number of carbonyl (C=O) groups excluding carboxylic acids is 1. The Morgan fingerprint density at radius 2 is 2.32 bits per heavy atom. The number of hydrogen-bond donors (Lipinski definition) is 3. The van der Waals surface area contributed by atoms with Gasteiger partial charge < -0.3 is 14.8 Å². The van der Waals surface area contributed by atoms with Crippen LogP contribution >= 0.6 is 23.8 Å². The molecule has 22 heavy (non-hydrogen) atoms. The molecule has 1 amide bonds. The standard InChI is InChI=1S/C14H18ClN3O3S/c1-20-12-5-4-9(15)7-11(12)13(19)17-18-14(22)16-8-10-3-2-6-21-10/h4-5,7,10H,2-3,6,8H2,1H3,(H,17,19)(H2,16,18,22)/t10-/m0/s1. The van der Waals surface area contributed by atoms with E-state index >= 15 is 0 Å². The molecule has 0 aliphatic carbocycles. The maximum atomic E-state index is 12.1. The SMILES string of the molecule is COc1ccc(Cl)cc1C(=O)NNC(=S)NC[C@@H]1CCCO1. The Kier molecular flexibility index (Phi) is 6.23. The molecule has 0 bridgehead atoms. The zero-order chi connectivity index (χ0) is 15.9. The molecule has 0 radical (unpaired) electrons. The van der Waals surface area contributed by atoms with E-state index in [0.29, 0.717) is 28.0 Å². The Morgan fingerprint density at radius 3 is 3.00 bits per heavy atom. The fraction of sp³-hybridized carbons (Fsp3) is 0.429. The lowest BCUT2D eigenvalue weighted by atomic mass is 10.2. The maximum Gasteiger partial charge on any atom is 0.273 e. The summed E-state index contributed by atoms with van der Waals surface area (Å²) in [5, 5.41) is 3.77. The Balaban J connectivity index is 1.81. The van der Waals surface area contributed by atoms with Crippen molar-refractivity contribution in [2.75, 3.05) is 20.3 Å². The number of thiocarbonyl (C=S) groups is 1. The van der Waals surface area contributed by atoms with Gasteiger partial charge in [0, 0.05) is 18.2 Å². The summed E-state index contributed by atoms with van der Waals surface area (Å²) < 4.78 is 10.6. The molecule has 1 aliphatic heterocycles. The van der Waals surface area contributed by atoms with Crippen LogP contribution in [0.3, 0.4) is 0 Å². The highest BCUT2D eigenvalue weighted by molar-refractivity contribution is 7.80. The van der Waals surface area contributed by atoms with Gasteiger partial charge in [-0.3, -0.25) is 15.6 Å². The van der Waals surface area contributed by atoms with Crippen LogP contribution in [-0.4, -0.2) is 37.4 Å². The first-order chi connectivity index (χ1) is 10.6. The van der Waals surface area contributed by atoms with Crippen LogP contribution in [-0.2, 0) is 4.74 Å². The molecule has 1 aliphatic rings. The van der Waals surface area contributed by atoms with Gasteiger partial charge in [0.1, 0.15) is 5.75 Å². The number of nitrogens with one attached hydrogen (secondary N) is 3. The van der Waals surface area contributed by atoms with E-state index in [4.69, 9.17) is 33.3 Å². The third-order valence-electron chi connectivity index (χ3n) is 3.21. The van der Waals surface area contributed by atoms with E-state index in [2.05, 4.69) is 16.2 Å². The molecule has 120 valence electrons. The zero-order valence-corrected chi connectivity index (χ0v) is 13.7. The summed E-state index contributed by atoms with van der Waals surface area (Å²) in [4.78, 5) is 12.1. The third kappa shape index (κ3) is 4.72. The zero-order valence-electron chi connectivity index (χ0n) is 12.1. The van der Waals surface area contributed by atoms with Gasteiger partial charge in [0.15, 0.2) is 5.11 Å². The number of methoxy groups -OCH3 is 1. The Labute approximate surface area is 139 Å². The van der Waals surface area contributed by atoms with Crippen molar-refractivity contribution in [3.8, 4) is 5.75 Å². The molecule has 6 nitrogen and oxygen atoms in total. The van der Waals surface area contributed by atoms with E-state index in [0.717, 1.165) is 19.4 Å². The van der Waals surface area contributed by atoms with Crippen molar-refractivity contribution < 1.29 is 14.3 Å². The minimum atomic E-state index is -0.388. The van der Waals surface area contributed by atoms with Crippen molar-refractivity contribution in [2.24, 2.45) is 0 Å². The van der Waals surface area contributed by atoms with Gasteiger partial charge in [0.2, 0.25) is 0 Å². The van der Waals surface area contributed by atoms with Crippen molar-refractivity contribution in [1.29, 1.82) is 0 Å². The Hall–Kier alpha value is -1.57. The molecule has 0 aromatic heterocycles. The second kappa shape index (κ2) is 8.17. The van der Waals surface area contributed by atoms with Crippen molar-refractivity contribution in [3.05, 3.63) is 28.8 Å². The quantitative estimate of drug-likeness (QED) is 0.570. The summed E-state index contributed by atoms with van der Waals surface area (Å²) in [7, 11) is 1.49. The molecule has 0 saturated carbocycles. The summed E-state index contributed by atoms with van der Waals surface area (Å²) in [6, 6.07) is 4.81. The van der Waals surface area contributed by atoms with E-state index in [9.17, 15) is 4.79 Å². The molecule has 3 N–H and O–H groups in total. The average Bonchev–Trinajstić information content (AvgIpc) is 3.04. The van der Waals surface area contributed by atoms with Gasteiger partial charge >= 0.3 is 0 Å². The van der Waals surface area contributed by atoms with Crippen LogP contribution in [0.5, 0.6) is 5.75 Å². The number of hydrazine groups is 1. The molecule has 1 atom stereocenters. The first kappa shape index (κ1) is 16.8. The average molecular weight is 344 g/mol. The molecule has 0 spiro atoms. The first-order valence-corrected chi connectivity index (χ1v) is 7.68. The van der Waals surface area contributed by atoms with Gasteiger partial charge in [-0.25, -0.2) is 0 Å². The van der Waals surface area contributed by atoms with Crippen LogP contribution in [0.4, 0.5) is 0 Å². The van der Waals surface area contributed by atoms with Crippen molar-refractivity contribution in [1.82, 2.24) is 16.2 Å². The van der Waals surface area contributed by atoms with Crippen LogP contribution in [0, 0.1) is 0 Å². The smallest absolute Gasteiger partial charge is 0.273 e. The Bertz CT molecular complexity index is 550. The molecule has 2 rings (SSSR count). The minimum Gasteiger partial charge on any atom is -0.496 e. The lowest BCUT2D eigenvalue weighted by Gasteiger charge is -2.15. The van der Waals surface area contributed by atoms with Gasteiger partial charge in [-0.05, 0) is 43.3 Å². The number of hydrogen-bond acceptors (Lipinski definition) is 4. The molecule has 8 heteroatoms. The molecule has 1 saturated heterocycles. The number of amides is 1. The van der Waals surface area contributed by atoms with Gasteiger partial charge in [-0.15, -0.1) is 0 Å². The fourth-order valence-electron chi connectivity index (χ4n) is 2.09. The highest BCUT2D eigenvalue weighted by Crippen LogP contribution is 2.22. The number of benzene rings is 1. The van der Waals surface area contributed by atoms with Crippen molar-refractivity contribution in [3.63, 3.8) is 0 Å². The highest BCUT2D eigenvalue weighted by atomic mass is 35.5. The molecular weight excluding hydrogens is 326 g/mol. The molecule has 1 fully saturated rings. The van der Waals surface area contributed by atoms with E-state index in [-0.39, 0.29) is 12.0 Å². The van der Waals surface area contributed by atoms with Gasteiger partial charge in [0.05, 0.1) is 18.8 Å².